The lowest BCUT2D eigenvalue weighted by molar-refractivity contribution is 0.178. The Bertz CT molecular complexity index is 726. The van der Waals surface area contributed by atoms with Gasteiger partial charge in [-0.1, -0.05) is 0 Å². The Morgan fingerprint density at radius 2 is 2.08 bits per heavy atom. The second-order valence-electron chi connectivity index (χ2n) is 7.02. The van der Waals surface area contributed by atoms with Crippen LogP contribution in [0.3, 0.4) is 0 Å². The van der Waals surface area contributed by atoms with E-state index in [1.807, 2.05) is 20.0 Å². The van der Waals surface area contributed by atoms with Crippen molar-refractivity contribution in [3.63, 3.8) is 0 Å². The highest BCUT2D eigenvalue weighted by Gasteiger charge is 2.45. The van der Waals surface area contributed by atoms with Crippen molar-refractivity contribution in [2.75, 3.05) is 25.1 Å². The van der Waals surface area contributed by atoms with Crippen LogP contribution >= 0.6 is 0 Å². The molecule has 2 aliphatic rings. The number of H-pyrrole nitrogens is 1. The highest BCUT2D eigenvalue weighted by Crippen LogP contribution is 2.47. The van der Waals surface area contributed by atoms with Gasteiger partial charge in [-0.15, -0.1) is 0 Å². The van der Waals surface area contributed by atoms with Crippen molar-refractivity contribution >= 4 is 5.95 Å². The number of anilines is 1. The number of rotatable bonds is 5. The molecule has 1 aliphatic heterocycles. The average Bonchev–Trinajstić information content (AvgIpc) is 3.15. The van der Waals surface area contributed by atoms with Gasteiger partial charge in [-0.3, -0.25) is 5.10 Å². The number of hydrogen-bond donors (Lipinski definition) is 1. The van der Waals surface area contributed by atoms with Crippen molar-refractivity contribution < 1.29 is 4.74 Å². The van der Waals surface area contributed by atoms with Crippen LogP contribution in [0.25, 0.3) is 0 Å². The van der Waals surface area contributed by atoms with E-state index in [2.05, 4.69) is 30.0 Å². The summed E-state index contributed by atoms with van der Waals surface area (Å²) in [6.07, 6.45) is 4.55. The fraction of sp³-hybridized carbons (Fsp3) is 0.647. The Morgan fingerprint density at radius 1 is 1.25 bits per heavy atom. The number of hydrogen-bond acceptors (Lipinski definition) is 6. The summed E-state index contributed by atoms with van der Waals surface area (Å²) in [6.45, 7) is 6.43. The lowest BCUT2D eigenvalue weighted by Gasteiger charge is -2.16. The predicted octanol–water partition coefficient (Wildman–Crippen LogP) is 1.99. The van der Waals surface area contributed by atoms with E-state index in [9.17, 15) is 0 Å². The lowest BCUT2D eigenvalue weighted by Crippen LogP contribution is -2.23. The minimum atomic E-state index is 0.338. The number of aryl methyl sites for hydroxylation is 2. The van der Waals surface area contributed by atoms with Crippen molar-refractivity contribution in [1.82, 2.24) is 25.1 Å². The van der Waals surface area contributed by atoms with Crippen LogP contribution in [0.4, 0.5) is 5.95 Å². The summed E-state index contributed by atoms with van der Waals surface area (Å²) >= 11 is 0. The smallest absolute Gasteiger partial charge is 0.225 e. The summed E-state index contributed by atoms with van der Waals surface area (Å²) < 4.78 is 5.14. The molecule has 2 aromatic heterocycles. The monoisotopic (exact) mass is 328 g/mol. The molecule has 2 atom stereocenters. The number of methoxy groups -OCH3 is 1. The van der Waals surface area contributed by atoms with Gasteiger partial charge in [0.15, 0.2) is 11.6 Å². The van der Waals surface area contributed by atoms with Crippen molar-refractivity contribution in [2.45, 2.75) is 39.2 Å². The van der Waals surface area contributed by atoms with Gasteiger partial charge >= 0.3 is 0 Å². The van der Waals surface area contributed by atoms with Crippen LogP contribution in [0.2, 0.25) is 0 Å². The summed E-state index contributed by atoms with van der Waals surface area (Å²) in [5, 5.41) is 7.45. The highest BCUT2D eigenvalue weighted by atomic mass is 16.5. The van der Waals surface area contributed by atoms with Crippen molar-refractivity contribution in [3.05, 3.63) is 29.1 Å². The van der Waals surface area contributed by atoms with Crippen LogP contribution in [-0.2, 0) is 11.3 Å². The maximum atomic E-state index is 5.14. The highest BCUT2D eigenvalue weighted by molar-refractivity contribution is 5.36. The fourth-order valence-corrected chi connectivity index (χ4v) is 3.61. The molecule has 1 aliphatic carbocycles. The molecule has 7 heteroatoms. The number of aromatic nitrogens is 5. The van der Waals surface area contributed by atoms with Gasteiger partial charge in [-0.25, -0.2) is 15.0 Å². The molecule has 4 rings (SSSR count). The zero-order chi connectivity index (χ0) is 16.7. The topological polar surface area (TPSA) is 79.8 Å². The summed E-state index contributed by atoms with van der Waals surface area (Å²) in [6, 6.07) is 0. The standard InChI is InChI=1S/C17H24N6O/c1-10-6-18-17(19-11(10)2)23-7-13(12-4-5-12)14(8-23)16-20-15(9-24-3)21-22-16/h6,12-14H,4-5,7-9H2,1-3H3,(H,20,21,22)/t13-,14+/m1/s1. The van der Waals surface area contributed by atoms with E-state index in [4.69, 9.17) is 4.74 Å². The summed E-state index contributed by atoms with van der Waals surface area (Å²) in [4.78, 5) is 16.2. The quantitative estimate of drug-likeness (QED) is 0.904. The van der Waals surface area contributed by atoms with Gasteiger partial charge < -0.3 is 9.64 Å². The molecule has 2 aromatic rings. The number of ether oxygens (including phenoxy) is 1. The molecule has 24 heavy (non-hydrogen) atoms. The first-order chi connectivity index (χ1) is 11.7. The van der Waals surface area contributed by atoms with E-state index in [-0.39, 0.29) is 0 Å². The molecule has 128 valence electrons. The number of aromatic amines is 1. The molecule has 0 radical (unpaired) electrons. The van der Waals surface area contributed by atoms with Crippen molar-refractivity contribution in [3.8, 4) is 0 Å². The number of nitrogens with zero attached hydrogens (tertiary/aromatic N) is 5. The van der Waals surface area contributed by atoms with Crippen LogP contribution in [0.1, 0.15) is 41.7 Å². The molecule has 0 spiro atoms. The maximum Gasteiger partial charge on any atom is 0.225 e. The minimum Gasteiger partial charge on any atom is -0.377 e. The SMILES string of the molecule is COCc1nc([C@H]2CN(c3ncc(C)c(C)n3)C[C@@H]2C2CC2)n[nH]1. The van der Waals surface area contributed by atoms with Crippen LogP contribution in [0, 0.1) is 25.7 Å². The third kappa shape index (κ3) is 2.88. The second kappa shape index (κ2) is 6.12. The fourth-order valence-electron chi connectivity index (χ4n) is 3.61. The van der Waals surface area contributed by atoms with Gasteiger partial charge in [0, 0.05) is 38.0 Å². The Kier molecular flexibility index (Phi) is 3.96. The first-order valence-corrected chi connectivity index (χ1v) is 8.61. The predicted molar refractivity (Wildman–Crippen MR) is 89.8 cm³/mol. The average molecular weight is 328 g/mol. The molecular weight excluding hydrogens is 304 g/mol. The third-order valence-corrected chi connectivity index (χ3v) is 5.25. The zero-order valence-corrected chi connectivity index (χ0v) is 14.5. The summed E-state index contributed by atoms with van der Waals surface area (Å²) in [5.74, 6) is 4.24. The maximum absolute atomic E-state index is 5.14. The van der Waals surface area contributed by atoms with Gasteiger partial charge in [-0.05, 0) is 44.1 Å². The Balaban J connectivity index is 1.58. The minimum absolute atomic E-state index is 0.338. The van der Waals surface area contributed by atoms with Crippen molar-refractivity contribution in [2.24, 2.45) is 11.8 Å². The van der Waals surface area contributed by atoms with Gasteiger partial charge in [0.2, 0.25) is 5.95 Å². The molecule has 1 saturated carbocycles. The molecule has 7 nitrogen and oxygen atoms in total. The molecule has 1 N–H and O–H groups in total. The molecule has 1 saturated heterocycles. The zero-order valence-electron chi connectivity index (χ0n) is 14.5. The normalized spacial score (nSPS) is 23.9. The molecular formula is C17H24N6O. The third-order valence-electron chi connectivity index (χ3n) is 5.25. The van der Waals surface area contributed by atoms with E-state index >= 15 is 0 Å². The van der Waals surface area contributed by atoms with E-state index < -0.39 is 0 Å². The molecule has 0 aromatic carbocycles. The van der Waals surface area contributed by atoms with Gasteiger partial charge in [-0.2, -0.15) is 5.10 Å². The van der Waals surface area contributed by atoms with Crippen LogP contribution in [-0.4, -0.2) is 45.3 Å². The van der Waals surface area contributed by atoms with Gasteiger partial charge in [0.25, 0.3) is 0 Å². The number of nitrogens with one attached hydrogen (secondary N) is 1. The van der Waals surface area contributed by atoms with Gasteiger partial charge in [0.1, 0.15) is 6.61 Å². The van der Waals surface area contributed by atoms with Crippen LogP contribution < -0.4 is 4.90 Å². The Morgan fingerprint density at radius 3 is 2.79 bits per heavy atom. The molecule has 2 fully saturated rings. The molecule has 0 bridgehead atoms. The van der Waals surface area contributed by atoms with Gasteiger partial charge in [0.05, 0.1) is 0 Å². The van der Waals surface area contributed by atoms with E-state index in [1.54, 1.807) is 7.11 Å². The molecule has 0 amide bonds. The summed E-state index contributed by atoms with van der Waals surface area (Å²) in [7, 11) is 1.67. The Hall–Kier alpha value is -2.02. The van der Waals surface area contributed by atoms with E-state index in [0.717, 1.165) is 47.9 Å². The van der Waals surface area contributed by atoms with E-state index in [0.29, 0.717) is 18.4 Å². The van der Waals surface area contributed by atoms with Crippen LogP contribution in [0.5, 0.6) is 0 Å². The largest absolute Gasteiger partial charge is 0.377 e. The van der Waals surface area contributed by atoms with E-state index in [1.165, 1.54) is 12.8 Å². The van der Waals surface area contributed by atoms with Crippen molar-refractivity contribution in [1.29, 1.82) is 0 Å². The first-order valence-electron chi connectivity index (χ1n) is 8.61. The van der Waals surface area contributed by atoms with Crippen LogP contribution in [0.15, 0.2) is 6.20 Å². The summed E-state index contributed by atoms with van der Waals surface area (Å²) in [5.41, 5.74) is 2.18. The first kappa shape index (κ1) is 15.5. The second-order valence-corrected chi connectivity index (χ2v) is 7.02. The molecule has 0 unspecified atom stereocenters. The lowest BCUT2D eigenvalue weighted by atomic mass is 9.91. The molecule has 3 heterocycles. The Labute approximate surface area is 141 Å².